The maximum atomic E-state index is 13.2. The molecule has 0 aliphatic rings. The lowest BCUT2D eigenvalue weighted by Crippen LogP contribution is -2.23. The molecule has 0 fully saturated rings. The number of nitrogens with zero attached hydrogens (tertiary/aromatic N) is 4. The van der Waals surface area contributed by atoms with Gasteiger partial charge in [-0.2, -0.15) is 9.78 Å². The number of ether oxygens (including phenoxy) is 1. The molecular weight excluding hydrogens is 444 g/mol. The summed E-state index contributed by atoms with van der Waals surface area (Å²) < 4.78 is 8.01. The minimum absolute atomic E-state index is 0.0236. The second-order valence-corrected chi connectivity index (χ2v) is 8.28. The summed E-state index contributed by atoms with van der Waals surface area (Å²) in [5, 5.41) is 5.01. The standard InChI is InChI=1S/C23H25BrN4O2/c1-6-11-30-21-13-18(27(4)5)9-7-16(21)14-25-28-22(15(2)3)26-20-10-8-17(24)12-19(20)23(28)29/h6-10,12-15H,1,11H2,2-5H3. The van der Waals surface area contributed by atoms with Crippen molar-refractivity contribution in [2.45, 2.75) is 19.8 Å². The molecule has 0 saturated carbocycles. The van der Waals surface area contributed by atoms with Crippen molar-refractivity contribution < 1.29 is 4.74 Å². The van der Waals surface area contributed by atoms with Gasteiger partial charge in [0.25, 0.3) is 5.56 Å². The van der Waals surface area contributed by atoms with Gasteiger partial charge in [0, 0.05) is 41.8 Å². The molecule has 0 bridgehead atoms. The molecule has 1 aromatic heterocycles. The Labute approximate surface area is 184 Å². The number of aromatic nitrogens is 2. The van der Waals surface area contributed by atoms with E-state index in [1.807, 2.05) is 63.2 Å². The van der Waals surface area contributed by atoms with Gasteiger partial charge in [0.05, 0.1) is 17.1 Å². The van der Waals surface area contributed by atoms with Crippen molar-refractivity contribution in [2.75, 3.05) is 25.6 Å². The van der Waals surface area contributed by atoms with E-state index in [1.54, 1.807) is 18.4 Å². The molecule has 0 saturated heterocycles. The molecule has 0 aliphatic heterocycles. The molecule has 0 spiro atoms. The van der Waals surface area contributed by atoms with Crippen LogP contribution in [0, 0.1) is 0 Å². The van der Waals surface area contributed by atoms with Gasteiger partial charge in [0.15, 0.2) is 0 Å². The van der Waals surface area contributed by atoms with Crippen LogP contribution in [0.5, 0.6) is 5.75 Å². The SMILES string of the molecule is C=CCOc1cc(N(C)C)ccc1C=Nn1c(C(C)C)nc2ccc(Br)cc2c1=O. The van der Waals surface area contributed by atoms with Crippen LogP contribution in [0.15, 0.2) is 63.4 Å². The Kier molecular flexibility index (Phi) is 6.72. The number of benzene rings is 2. The van der Waals surface area contributed by atoms with Crippen LogP contribution in [-0.2, 0) is 0 Å². The number of hydrogen-bond acceptors (Lipinski definition) is 5. The zero-order valence-electron chi connectivity index (χ0n) is 17.6. The van der Waals surface area contributed by atoms with Crippen molar-refractivity contribution >= 4 is 38.7 Å². The summed E-state index contributed by atoms with van der Waals surface area (Å²) >= 11 is 3.42. The summed E-state index contributed by atoms with van der Waals surface area (Å²) in [4.78, 5) is 19.8. The Balaban J connectivity index is 2.13. The predicted molar refractivity (Wildman–Crippen MR) is 127 cm³/mol. The van der Waals surface area contributed by atoms with E-state index >= 15 is 0 Å². The van der Waals surface area contributed by atoms with E-state index in [2.05, 4.69) is 32.6 Å². The van der Waals surface area contributed by atoms with E-state index in [9.17, 15) is 4.79 Å². The molecular formula is C23H25BrN4O2. The van der Waals surface area contributed by atoms with Crippen LogP contribution in [0.1, 0.15) is 31.2 Å². The van der Waals surface area contributed by atoms with Crippen molar-refractivity contribution in [3.05, 3.63) is 75.3 Å². The average Bonchev–Trinajstić information content (AvgIpc) is 2.71. The molecule has 1 heterocycles. The summed E-state index contributed by atoms with van der Waals surface area (Å²) in [6.45, 7) is 8.06. The first-order chi connectivity index (χ1) is 14.3. The number of anilines is 1. The average molecular weight is 469 g/mol. The van der Waals surface area contributed by atoms with E-state index in [0.717, 1.165) is 15.7 Å². The van der Waals surface area contributed by atoms with Crippen LogP contribution >= 0.6 is 15.9 Å². The Morgan fingerprint density at radius 2 is 2.03 bits per heavy atom. The molecule has 0 aliphatic carbocycles. The van der Waals surface area contributed by atoms with Crippen LogP contribution in [0.25, 0.3) is 10.9 Å². The molecule has 2 aromatic carbocycles. The number of fused-ring (bicyclic) bond motifs is 1. The molecule has 3 rings (SSSR count). The van der Waals surface area contributed by atoms with E-state index in [-0.39, 0.29) is 11.5 Å². The van der Waals surface area contributed by atoms with Crippen LogP contribution in [-0.4, -0.2) is 36.6 Å². The van der Waals surface area contributed by atoms with Crippen molar-refractivity contribution in [3.63, 3.8) is 0 Å². The van der Waals surface area contributed by atoms with Gasteiger partial charge in [-0.05, 0) is 30.3 Å². The van der Waals surface area contributed by atoms with Crippen molar-refractivity contribution in [2.24, 2.45) is 5.10 Å². The molecule has 0 atom stereocenters. The largest absolute Gasteiger partial charge is 0.489 e. The Bertz CT molecular complexity index is 1170. The third-order valence-electron chi connectivity index (χ3n) is 4.53. The topological polar surface area (TPSA) is 59.7 Å². The molecule has 156 valence electrons. The Hall–Kier alpha value is -2.93. The van der Waals surface area contributed by atoms with Gasteiger partial charge in [-0.3, -0.25) is 4.79 Å². The zero-order valence-corrected chi connectivity index (χ0v) is 19.2. The predicted octanol–water partition coefficient (Wildman–Crippen LogP) is 4.80. The highest BCUT2D eigenvalue weighted by atomic mass is 79.9. The lowest BCUT2D eigenvalue weighted by molar-refractivity contribution is 0.363. The fraction of sp³-hybridized carbons (Fsp3) is 0.261. The highest BCUT2D eigenvalue weighted by Gasteiger charge is 2.14. The normalized spacial score (nSPS) is 11.4. The van der Waals surface area contributed by atoms with Gasteiger partial charge < -0.3 is 9.64 Å². The molecule has 6 nitrogen and oxygen atoms in total. The third-order valence-corrected chi connectivity index (χ3v) is 5.03. The summed E-state index contributed by atoms with van der Waals surface area (Å²) in [6.07, 6.45) is 3.33. The maximum absolute atomic E-state index is 13.2. The first-order valence-corrected chi connectivity index (χ1v) is 10.4. The first kappa shape index (κ1) is 21.8. The minimum Gasteiger partial charge on any atom is -0.489 e. The Morgan fingerprint density at radius 3 is 2.70 bits per heavy atom. The van der Waals surface area contributed by atoms with E-state index in [4.69, 9.17) is 4.74 Å². The summed E-state index contributed by atoms with van der Waals surface area (Å²) in [5.41, 5.74) is 2.21. The first-order valence-electron chi connectivity index (χ1n) is 9.63. The number of hydrogen-bond donors (Lipinski definition) is 0. The summed E-state index contributed by atoms with van der Waals surface area (Å²) in [7, 11) is 3.93. The number of halogens is 1. The Morgan fingerprint density at radius 1 is 1.27 bits per heavy atom. The molecule has 7 heteroatoms. The highest BCUT2D eigenvalue weighted by Crippen LogP contribution is 2.24. The lowest BCUT2D eigenvalue weighted by Gasteiger charge is -2.16. The smallest absolute Gasteiger partial charge is 0.282 e. The fourth-order valence-electron chi connectivity index (χ4n) is 2.95. The zero-order chi connectivity index (χ0) is 21.8. The fourth-order valence-corrected chi connectivity index (χ4v) is 3.31. The van der Waals surface area contributed by atoms with Gasteiger partial charge in [-0.1, -0.05) is 42.4 Å². The van der Waals surface area contributed by atoms with Crippen molar-refractivity contribution in [1.29, 1.82) is 0 Å². The van der Waals surface area contributed by atoms with Crippen LogP contribution in [0.4, 0.5) is 5.69 Å². The van der Waals surface area contributed by atoms with Crippen molar-refractivity contribution in [1.82, 2.24) is 9.66 Å². The maximum Gasteiger partial charge on any atom is 0.282 e. The summed E-state index contributed by atoms with van der Waals surface area (Å²) in [6, 6.07) is 11.3. The van der Waals surface area contributed by atoms with Gasteiger partial charge in [-0.25, -0.2) is 4.98 Å². The second-order valence-electron chi connectivity index (χ2n) is 7.36. The molecule has 0 amide bonds. The lowest BCUT2D eigenvalue weighted by atomic mass is 10.2. The highest BCUT2D eigenvalue weighted by molar-refractivity contribution is 9.10. The van der Waals surface area contributed by atoms with Gasteiger partial charge >= 0.3 is 0 Å². The van der Waals surface area contributed by atoms with Gasteiger partial charge in [0.1, 0.15) is 18.2 Å². The minimum atomic E-state index is -0.209. The molecule has 0 unspecified atom stereocenters. The molecule has 0 radical (unpaired) electrons. The van der Waals surface area contributed by atoms with E-state index in [0.29, 0.717) is 29.1 Å². The third kappa shape index (κ3) is 4.62. The molecule has 30 heavy (non-hydrogen) atoms. The van der Waals surface area contributed by atoms with Gasteiger partial charge in [0.2, 0.25) is 0 Å². The van der Waals surface area contributed by atoms with E-state index < -0.39 is 0 Å². The van der Waals surface area contributed by atoms with Crippen molar-refractivity contribution in [3.8, 4) is 5.75 Å². The van der Waals surface area contributed by atoms with Gasteiger partial charge in [-0.15, -0.1) is 0 Å². The quantitative estimate of drug-likeness (QED) is 0.369. The molecule has 3 aromatic rings. The van der Waals surface area contributed by atoms with Crippen LogP contribution < -0.4 is 15.2 Å². The monoisotopic (exact) mass is 468 g/mol. The molecule has 0 N–H and O–H groups in total. The van der Waals surface area contributed by atoms with E-state index in [1.165, 1.54) is 4.68 Å². The van der Waals surface area contributed by atoms with Crippen LogP contribution in [0.3, 0.4) is 0 Å². The summed E-state index contributed by atoms with van der Waals surface area (Å²) in [5.74, 6) is 1.29. The number of rotatable bonds is 7. The van der Waals surface area contributed by atoms with Crippen LogP contribution in [0.2, 0.25) is 0 Å². The second kappa shape index (κ2) is 9.26.